The van der Waals surface area contributed by atoms with Crippen LogP contribution in [0.2, 0.25) is 0 Å². The van der Waals surface area contributed by atoms with Crippen LogP contribution in [-0.2, 0) is 0 Å². The molecule has 3 heterocycles. The van der Waals surface area contributed by atoms with E-state index in [0.29, 0.717) is 18.0 Å². The number of nitrogens with zero attached hydrogens (tertiary/aromatic N) is 1. The van der Waals surface area contributed by atoms with E-state index in [1.165, 1.54) is 19.0 Å². The van der Waals surface area contributed by atoms with Crippen molar-refractivity contribution in [2.45, 2.75) is 37.3 Å². The van der Waals surface area contributed by atoms with Crippen LogP contribution in [0.3, 0.4) is 0 Å². The van der Waals surface area contributed by atoms with Gasteiger partial charge in [0.1, 0.15) is 0 Å². The largest absolute Gasteiger partial charge is 0.311 e. The van der Waals surface area contributed by atoms with E-state index >= 15 is 0 Å². The van der Waals surface area contributed by atoms with Gasteiger partial charge in [0.05, 0.1) is 0 Å². The molecular formula is C11H13FN2. The zero-order valence-corrected chi connectivity index (χ0v) is 7.91. The monoisotopic (exact) mass is 192 g/mol. The Morgan fingerprint density at radius 3 is 3.00 bits per heavy atom. The van der Waals surface area contributed by atoms with Crippen molar-refractivity contribution in [2.75, 3.05) is 0 Å². The zero-order chi connectivity index (χ0) is 9.54. The summed E-state index contributed by atoms with van der Waals surface area (Å²) in [5.41, 5.74) is 0.798. The van der Waals surface area contributed by atoms with E-state index in [1.54, 1.807) is 0 Å². The molecule has 0 aromatic carbocycles. The molecule has 14 heavy (non-hydrogen) atoms. The summed E-state index contributed by atoms with van der Waals surface area (Å²) in [4.78, 5) is 3.71. The first kappa shape index (κ1) is 8.36. The summed E-state index contributed by atoms with van der Waals surface area (Å²) in [6, 6.07) is 4.79. The van der Waals surface area contributed by atoms with Crippen LogP contribution in [0.1, 0.15) is 30.7 Å². The Morgan fingerprint density at radius 2 is 2.36 bits per heavy atom. The molecule has 2 aliphatic heterocycles. The number of hydrogen-bond acceptors (Lipinski definition) is 2. The van der Waals surface area contributed by atoms with Gasteiger partial charge in [-0.05, 0) is 25.3 Å². The number of fused-ring (bicyclic) bond motifs is 2. The van der Waals surface area contributed by atoms with Crippen LogP contribution in [0.25, 0.3) is 0 Å². The van der Waals surface area contributed by atoms with Gasteiger partial charge in [0.15, 0.2) is 0 Å². The van der Waals surface area contributed by atoms with E-state index in [9.17, 15) is 4.39 Å². The normalized spacial score (nSPS) is 35.1. The third kappa shape index (κ3) is 1.16. The lowest BCUT2D eigenvalue weighted by molar-refractivity contribution is 0.471. The molecule has 0 amide bonds. The fourth-order valence-electron chi connectivity index (χ4n) is 2.84. The number of pyridine rings is 1. The summed E-state index contributed by atoms with van der Waals surface area (Å²) in [7, 11) is 0. The van der Waals surface area contributed by atoms with Crippen molar-refractivity contribution < 1.29 is 4.39 Å². The maximum atomic E-state index is 13.4. The molecule has 1 aromatic heterocycles. The second-order valence-electron chi connectivity index (χ2n) is 4.27. The average Bonchev–Trinajstić information content (AvgIpc) is 2.79. The van der Waals surface area contributed by atoms with Crippen LogP contribution in [0.4, 0.5) is 4.39 Å². The van der Waals surface area contributed by atoms with Crippen LogP contribution in [0, 0.1) is 5.95 Å². The molecule has 2 nitrogen and oxygen atoms in total. The lowest BCUT2D eigenvalue weighted by Crippen LogP contribution is -2.22. The summed E-state index contributed by atoms with van der Waals surface area (Å²) in [5.74, 6) is 0.0642. The summed E-state index contributed by atoms with van der Waals surface area (Å²) in [5, 5.41) is 3.51. The van der Waals surface area contributed by atoms with Gasteiger partial charge in [-0.15, -0.1) is 0 Å². The second-order valence-corrected chi connectivity index (χ2v) is 4.27. The molecule has 2 aliphatic rings. The predicted octanol–water partition coefficient (Wildman–Crippen LogP) is 1.83. The van der Waals surface area contributed by atoms with E-state index in [0.717, 1.165) is 12.0 Å². The first-order valence-electron chi connectivity index (χ1n) is 5.21. The van der Waals surface area contributed by atoms with E-state index < -0.39 is 0 Å². The highest BCUT2D eigenvalue weighted by atomic mass is 19.1. The van der Waals surface area contributed by atoms with Gasteiger partial charge in [-0.25, -0.2) is 4.98 Å². The smallest absolute Gasteiger partial charge is 0.216 e. The number of halogens is 1. The SMILES string of the molecule is Fc1ncccc1C1CC2CCC1N2. The fourth-order valence-corrected chi connectivity index (χ4v) is 2.84. The van der Waals surface area contributed by atoms with Crippen molar-refractivity contribution in [1.82, 2.24) is 10.3 Å². The molecule has 3 rings (SSSR count). The topological polar surface area (TPSA) is 24.9 Å². The number of aromatic nitrogens is 1. The van der Waals surface area contributed by atoms with Crippen molar-refractivity contribution in [3.8, 4) is 0 Å². The molecule has 0 saturated carbocycles. The minimum atomic E-state index is -0.285. The Hall–Kier alpha value is -0.960. The summed E-state index contributed by atoms with van der Waals surface area (Å²) < 4.78 is 13.4. The quantitative estimate of drug-likeness (QED) is 0.687. The van der Waals surface area contributed by atoms with E-state index in [1.807, 2.05) is 12.1 Å². The number of nitrogens with one attached hydrogen (secondary N) is 1. The Labute approximate surface area is 82.5 Å². The third-order valence-electron chi connectivity index (χ3n) is 3.49. The number of hydrogen-bond donors (Lipinski definition) is 1. The zero-order valence-electron chi connectivity index (χ0n) is 7.91. The highest BCUT2D eigenvalue weighted by Gasteiger charge is 2.40. The second kappa shape index (κ2) is 3.02. The summed E-state index contributed by atoms with van der Waals surface area (Å²) >= 11 is 0. The molecule has 3 atom stereocenters. The molecule has 1 N–H and O–H groups in total. The summed E-state index contributed by atoms with van der Waals surface area (Å²) in [6.07, 6.45) is 5.03. The standard InChI is InChI=1S/C11H13FN2/c12-11-8(2-1-5-13-11)9-6-7-3-4-10(9)14-7/h1-2,5,7,9-10,14H,3-4,6H2. The fraction of sp³-hybridized carbons (Fsp3) is 0.545. The molecule has 1 aromatic rings. The minimum Gasteiger partial charge on any atom is -0.311 e. The maximum absolute atomic E-state index is 13.4. The average molecular weight is 192 g/mol. The van der Waals surface area contributed by atoms with Gasteiger partial charge in [-0.1, -0.05) is 6.07 Å². The molecule has 0 spiro atoms. The minimum absolute atomic E-state index is 0.285. The van der Waals surface area contributed by atoms with Crippen LogP contribution in [-0.4, -0.2) is 17.1 Å². The van der Waals surface area contributed by atoms with Gasteiger partial charge < -0.3 is 5.32 Å². The molecule has 0 radical (unpaired) electrons. The molecule has 0 aliphatic carbocycles. The van der Waals surface area contributed by atoms with E-state index in [-0.39, 0.29) is 5.95 Å². The van der Waals surface area contributed by atoms with Crippen molar-refractivity contribution in [3.63, 3.8) is 0 Å². The van der Waals surface area contributed by atoms with Crippen molar-refractivity contribution in [3.05, 3.63) is 29.8 Å². The maximum Gasteiger partial charge on any atom is 0.216 e. The lowest BCUT2D eigenvalue weighted by Gasteiger charge is -2.20. The van der Waals surface area contributed by atoms with Gasteiger partial charge in [-0.2, -0.15) is 4.39 Å². The van der Waals surface area contributed by atoms with Gasteiger partial charge >= 0.3 is 0 Å². The molecule has 2 fully saturated rings. The third-order valence-corrected chi connectivity index (χ3v) is 3.49. The molecule has 2 bridgehead atoms. The van der Waals surface area contributed by atoms with Gasteiger partial charge in [0, 0.05) is 29.8 Å². The van der Waals surface area contributed by atoms with Crippen LogP contribution < -0.4 is 5.32 Å². The highest BCUT2D eigenvalue weighted by Crippen LogP contribution is 2.40. The van der Waals surface area contributed by atoms with E-state index in [2.05, 4.69) is 10.3 Å². The van der Waals surface area contributed by atoms with Crippen LogP contribution >= 0.6 is 0 Å². The Balaban J connectivity index is 1.93. The van der Waals surface area contributed by atoms with Gasteiger partial charge in [0.2, 0.25) is 5.95 Å². The Morgan fingerprint density at radius 1 is 1.43 bits per heavy atom. The Kier molecular flexibility index (Phi) is 1.80. The van der Waals surface area contributed by atoms with Crippen LogP contribution in [0.15, 0.2) is 18.3 Å². The van der Waals surface area contributed by atoms with Gasteiger partial charge in [-0.3, -0.25) is 0 Å². The molecular weight excluding hydrogens is 179 g/mol. The van der Waals surface area contributed by atoms with Crippen molar-refractivity contribution >= 4 is 0 Å². The van der Waals surface area contributed by atoms with Gasteiger partial charge in [0.25, 0.3) is 0 Å². The lowest BCUT2D eigenvalue weighted by atomic mass is 9.84. The first-order valence-corrected chi connectivity index (χ1v) is 5.21. The predicted molar refractivity (Wildman–Crippen MR) is 51.5 cm³/mol. The molecule has 2 saturated heterocycles. The van der Waals surface area contributed by atoms with Crippen molar-refractivity contribution in [1.29, 1.82) is 0 Å². The highest BCUT2D eigenvalue weighted by molar-refractivity contribution is 5.23. The van der Waals surface area contributed by atoms with E-state index in [4.69, 9.17) is 0 Å². The molecule has 3 heteroatoms. The number of rotatable bonds is 1. The Bertz CT molecular complexity index is 353. The molecule has 3 unspecified atom stereocenters. The summed E-state index contributed by atoms with van der Waals surface area (Å²) in [6.45, 7) is 0. The first-order chi connectivity index (χ1) is 6.84. The molecule has 74 valence electrons. The van der Waals surface area contributed by atoms with Crippen LogP contribution in [0.5, 0.6) is 0 Å². The van der Waals surface area contributed by atoms with Crippen molar-refractivity contribution in [2.24, 2.45) is 0 Å².